The molecule has 1 aliphatic carbocycles. The standard InChI is InChI=1S/C62H40O/c1-4-22-48-39(13-1)16-11-27-50(48)44-18-9-20-46(35-44)60-53-25-7-8-26-54(53)61(47-21-10-19-45(36-47)51-28-12-17-40-14-2-5-23-49(40)51)56-37-42(29-32-55(56)60)43-31-33-58-57(38-43)62-52-24-6-3-15-41(52)30-34-59(62)63-58/h1-38,59,62H. The summed E-state index contributed by atoms with van der Waals surface area (Å²) in [5.41, 5.74) is 16.0. The molecule has 0 spiro atoms. The van der Waals surface area contributed by atoms with Crippen LogP contribution >= 0.6 is 0 Å². The molecule has 1 nitrogen and oxygen atoms in total. The summed E-state index contributed by atoms with van der Waals surface area (Å²) in [5, 5.41) is 9.95. The van der Waals surface area contributed by atoms with E-state index in [4.69, 9.17) is 4.74 Å². The van der Waals surface area contributed by atoms with Crippen LogP contribution in [0.1, 0.15) is 22.6 Å². The summed E-state index contributed by atoms with van der Waals surface area (Å²) < 4.78 is 6.57. The van der Waals surface area contributed by atoms with Gasteiger partial charge >= 0.3 is 0 Å². The lowest BCUT2D eigenvalue weighted by molar-refractivity contribution is 0.267. The van der Waals surface area contributed by atoms with Gasteiger partial charge in [0, 0.05) is 5.56 Å². The van der Waals surface area contributed by atoms with Gasteiger partial charge in [0.1, 0.15) is 11.9 Å². The lowest BCUT2D eigenvalue weighted by atomic mass is 9.81. The van der Waals surface area contributed by atoms with E-state index < -0.39 is 0 Å². The van der Waals surface area contributed by atoms with Gasteiger partial charge in [-0.05, 0) is 146 Å². The van der Waals surface area contributed by atoms with Crippen LogP contribution in [0.3, 0.4) is 0 Å². The third-order valence-electron chi connectivity index (χ3n) is 13.6. The van der Waals surface area contributed by atoms with Crippen molar-refractivity contribution < 1.29 is 4.74 Å². The first kappa shape index (κ1) is 35.7. The van der Waals surface area contributed by atoms with Crippen LogP contribution < -0.4 is 4.74 Å². The molecule has 2 atom stereocenters. The summed E-state index contributed by atoms with van der Waals surface area (Å²) in [7, 11) is 0. The van der Waals surface area contributed by atoms with E-state index in [1.165, 1.54) is 115 Å². The van der Waals surface area contributed by atoms with E-state index in [2.05, 4.69) is 231 Å². The second-order valence-electron chi connectivity index (χ2n) is 17.1. The molecule has 11 aromatic rings. The van der Waals surface area contributed by atoms with Crippen molar-refractivity contribution in [2.45, 2.75) is 12.0 Å². The summed E-state index contributed by atoms with van der Waals surface area (Å²) in [6, 6.07) is 80.7. The Morgan fingerprint density at radius 3 is 1.51 bits per heavy atom. The Hall–Kier alpha value is -8.00. The molecule has 2 unspecified atom stereocenters. The van der Waals surface area contributed by atoms with E-state index >= 15 is 0 Å². The molecule has 13 rings (SSSR count). The van der Waals surface area contributed by atoms with Crippen LogP contribution in [-0.2, 0) is 0 Å². The first-order valence-electron chi connectivity index (χ1n) is 22.0. The largest absolute Gasteiger partial charge is 0.485 e. The third kappa shape index (κ3) is 5.78. The van der Waals surface area contributed by atoms with Crippen molar-refractivity contribution in [3.8, 4) is 61.4 Å². The molecule has 63 heavy (non-hydrogen) atoms. The molecule has 1 heteroatoms. The zero-order chi connectivity index (χ0) is 41.4. The molecule has 0 bridgehead atoms. The zero-order valence-electron chi connectivity index (χ0n) is 34.5. The van der Waals surface area contributed by atoms with E-state index in [0.717, 1.165) is 5.75 Å². The summed E-state index contributed by atoms with van der Waals surface area (Å²) >= 11 is 0. The molecular weight excluding hydrogens is 761 g/mol. The second-order valence-corrected chi connectivity index (χ2v) is 17.1. The molecule has 1 aliphatic heterocycles. The molecule has 0 saturated carbocycles. The SMILES string of the molecule is C1=CC2Oc3ccc(-c4ccc5c(-c6cccc(-c7cccc8ccccc78)c6)c6ccccc6c(-c6cccc(-c7cccc8ccccc78)c6)c5c4)cc3C2c2ccccc21. The Morgan fingerprint density at radius 2 is 0.825 bits per heavy atom. The predicted octanol–water partition coefficient (Wildman–Crippen LogP) is 16.6. The summed E-state index contributed by atoms with van der Waals surface area (Å²) in [5.74, 6) is 1.14. The summed E-state index contributed by atoms with van der Waals surface area (Å²) in [6.07, 6.45) is 4.44. The summed E-state index contributed by atoms with van der Waals surface area (Å²) in [4.78, 5) is 0. The zero-order valence-corrected chi connectivity index (χ0v) is 34.5. The van der Waals surface area contributed by atoms with Crippen LogP contribution in [0.15, 0.2) is 224 Å². The van der Waals surface area contributed by atoms with Gasteiger partial charge in [0.2, 0.25) is 0 Å². The minimum Gasteiger partial charge on any atom is -0.485 e. The first-order valence-corrected chi connectivity index (χ1v) is 22.0. The lowest BCUT2D eigenvalue weighted by Crippen LogP contribution is -2.20. The monoisotopic (exact) mass is 800 g/mol. The fourth-order valence-electron chi connectivity index (χ4n) is 10.7. The van der Waals surface area contributed by atoms with E-state index in [1.54, 1.807) is 0 Å². The molecule has 0 N–H and O–H groups in total. The molecule has 294 valence electrons. The van der Waals surface area contributed by atoms with Crippen molar-refractivity contribution in [2.75, 3.05) is 0 Å². The first-order chi connectivity index (χ1) is 31.2. The maximum Gasteiger partial charge on any atom is 0.128 e. The maximum atomic E-state index is 6.57. The van der Waals surface area contributed by atoms with Crippen molar-refractivity contribution in [1.29, 1.82) is 0 Å². The van der Waals surface area contributed by atoms with Gasteiger partial charge in [-0.1, -0.05) is 194 Å². The Balaban J connectivity index is 1.05. The van der Waals surface area contributed by atoms with Crippen molar-refractivity contribution >= 4 is 49.2 Å². The van der Waals surface area contributed by atoms with Crippen LogP contribution in [0, 0.1) is 0 Å². The van der Waals surface area contributed by atoms with Gasteiger partial charge in [-0.3, -0.25) is 0 Å². The maximum absolute atomic E-state index is 6.57. The minimum atomic E-state index is 0.000860. The van der Waals surface area contributed by atoms with Crippen LogP contribution in [0.5, 0.6) is 5.75 Å². The van der Waals surface area contributed by atoms with Crippen LogP contribution in [-0.4, -0.2) is 6.10 Å². The highest BCUT2D eigenvalue weighted by Crippen LogP contribution is 2.50. The molecule has 0 amide bonds. The number of hydrogen-bond donors (Lipinski definition) is 0. The van der Waals surface area contributed by atoms with E-state index in [0.29, 0.717) is 0 Å². The van der Waals surface area contributed by atoms with Gasteiger partial charge in [-0.15, -0.1) is 0 Å². The Labute approximate surface area is 366 Å². The number of fused-ring (bicyclic) bond motifs is 9. The Morgan fingerprint density at radius 1 is 0.317 bits per heavy atom. The number of benzene rings is 11. The average Bonchev–Trinajstić information content (AvgIpc) is 3.74. The quantitative estimate of drug-likeness (QED) is 0.158. The van der Waals surface area contributed by atoms with Gasteiger partial charge in [0.15, 0.2) is 0 Å². The molecule has 0 fully saturated rings. The molecule has 0 radical (unpaired) electrons. The molecule has 11 aromatic carbocycles. The van der Waals surface area contributed by atoms with Gasteiger partial charge in [0.05, 0.1) is 5.92 Å². The predicted molar refractivity (Wildman–Crippen MR) is 265 cm³/mol. The minimum absolute atomic E-state index is 0.000860. The molecule has 0 saturated heterocycles. The normalized spacial score (nSPS) is 15.0. The fourth-order valence-corrected chi connectivity index (χ4v) is 10.7. The molecule has 2 aliphatic rings. The van der Waals surface area contributed by atoms with Crippen molar-refractivity contribution in [1.82, 2.24) is 0 Å². The molecular formula is C62H40O. The number of rotatable bonds is 5. The second kappa shape index (κ2) is 14.3. The summed E-state index contributed by atoms with van der Waals surface area (Å²) in [6.45, 7) is 0. The lowest BCUT2D eigenvalue weighted by Gasteiger charge is -2.23. The van der Waals surface area contributed by atoms with Crippen LogP contribution in [0.25, 0.3) is 105 Å². The number of hydrogen-bond acceptors (Lipinski definition) is 1. The smallest absolute Gasteiger partial charge is 0.128 e. The van der Waals surface area contributed by atoms with E-state index in [1.807, 2.05) is 0 Å². The van der Waals surface area contributed by atoms with Gasteiger partial charge < -0.3 is 4.74 Å². The van der Waals surface area contributed by atoms with Crippen LogP contribution in [0.4, 0.5) is 0 Å². The van der Waals surface area contributed by atoms with E-state index in [9.17, 15) is 0 Å². The number of ether oxygens (including phenoxy) is 1. The van der Waals surface area contributed by atoms with E-state index in [-0.39, 0.29) is 12.0 Å². The van der Waals surface area contributed by atoms with Crippen LogP contribution in [0.2, 0.25) is 0 Å². The van der Waals surface area contributed by atoms with Crippen molar-refractivity contribution in [3.63, 3.8) is 0 Å². The van der Waals surface area contributed by atoms with Crippen molar-refractivity contribution in [2.24, 2.45) is 0 Å². The van der Waals surface area contributed by atoms with Gasteiger partial charge in [-0.2, -0.15) is 0 Å². The highest BCUT2D eigenvalue weighted by molar-refractivity contribution is 6.22. The van der Waals surface area contributed by atoms with Crippen molar-refractivity contribution in [3.05, 3.63) is 241 Å². The average molecular weight is 801 g/mol. The molecule has 1 heterocycles. The molecule has 0 aromatic heterocycles. The third-order valence-corrected chi connectivity index (χ3v) is 13.6. The fraction of sp³-hybridized carbons (Fsp3) is 0.0323. The highest BCUT2D eigenvalue weighted by Gasteiger charge is 2.37. The Bertz CT molecular complexity index is 3670. The highest BCUT2D eigenvalue weighted by atomic mass is 16.5. The topological polar surface area (TPSA) is 9.23 Å². The van der Waals surface area contributed by atoms with Gasteiger partial charge in [-0.25, -0.2) is 0 Å². The van der Waals surface area contributed by atoms with Gasteiger partial charge in [0.25, 0.3) is 0 Å². The Kier molecular flexibility index (Phi) is 8.11.